The van der Waals surface area contributed by atoms with Crippen LogP contribution < -0.4 is 5.32 Å². The molecule has 0 atom stereocenters. The molecule has 0 bridgehead atoms. The Balaban J connectivity index is 1.74. The van der Waals surface area contributed by atoms with E-state index in [1.807, 2.05) is 38.1 Å². The number of aryl methyl sites for hydroxylation is 1. The zero-order valence-corrected chi connectivity index (χ0v) is 16.0. The van der Waals surface area contributed by atoms with Gasteiger partial charge in [-0.2, -0.15) is 0 Å². The molecular formula is C19H19N3O4S. The first-order valence-corrected chi connectivity index (χ1v) is 9.27. The number of rotatable bonds is 6. The lowest BCUT2D eigenvalue weighted by atomic mass is 10.0. The molecule has 0 unspecified atom stereocenters. The smallest absolute Gasteiger partial charge is 0.355 e. The maximum Gasteiger partial charge on any atom is 0.355 e. The van der Waals surface area contributed by atoms with E-state index in [1.165, 1.54) is 16.7 Å². The molecule has 140 valence electrons. The lowest BCUT2D eigenvalue weighted by Crippen LogP contribution is -2.24. The number of carboxylic acids is 1. The normalized spacial score (nSPS) is 11.0. The number of nitrogens with one attached hydrogen (secondary N) is 1. The minimum atomic E-state index is -1.05. The van der Waals surface area contributed by atoms with Crippen LogP contribution in [0, 0.1) is 6.92 Å². The van der Waals surface area contributed by atoms with E-state index < -0.39 is 5.97 Å². The third-order valence-electron chi connectivity index (χ3n) is 3.99. The molecule has 27 heavy (non-hydrogen) atoms. The van der Waals surface area contributed by atoms with Crippen molar-refractivity contribution in [2.45, 2.75) is 33.2 Å². The number of hydrogen-bond donors (Lipinski definition) is 2. The van der Waals surface area contributed by atoms with Crippen LogP contribution in [0.3, 0.4) is 0 Å². The van der Waals surface area contributed by atoms with Crippen LogP contribution in [-0.2, 0) is 6.54 Å². The molecule has 7 nitrogen and oxygen atoms in total. The van der Waals surface area contributed by atoms with Gasteiger partial charge in [-0.15, -0.1) is 11.3 Å². The van der Waals surface area contributed by atoms with E-state index in [9.17, 15) is 9.59 Å². The largest absolute Gasteiger partial charge is 0.476 e. The first kappa shape index (κ1) is 18.8. The van der Waals surface area contributed by atoms with Crippen molar-refractivity contribution >= 4 is 23.2 Å². The third kappa shape index (κ3) is 4.06. The predicted molar refractivity (Wildman–Crippen MR) is 101 cm³/mol. The Hall–Kier alpha value is -3.00. The predicted octanol–water partition coefficient (Wildman–Crippen LogP) is 3.86. The Labute approximate surface area is 160 Å². The zero-order chi connectivity index (χ0) is 19.6. The fourth-order valence-corrected chi connectivity index (χ4v) is 3.44. The molecule has 3 aromatic rings. The molecule has 0 aliphatic rings. The van der Waals surface area contributed by atoms with Crippen molar-refractivity contribution in [3.05, 3.63) is 57.9 Å². The Morgan fingerprint density at radius 1 is 1.33 bits per heavy atom. The molecule has 0 fully saturated rings. The van der Waals surface area contributed by atoms with E-state index in [-0.39, 0.29) is 17.5 Å². The quantitative estimate of drug-likeness (QED) is 0.667. The van der Waals surface area contributed by atoms with Crippen LogP contribution in [0.5, 0.6) is 0 Å². The number of nitrogens with zero attached hydrogens (tertiary/aromatic N) is 2. The standard InChI is InChI=1S/C19H19N3O4S/c1-10(2)16-15(11(3)22-26-16)17(23)20-8-12-5-4-6-13(7-12)18-21-14(9-27-18)19(24)25/h4-7,9-10H,8H2,1-3H3,(H,20,23)(H,24,25). The van der Waals surface area contributed by atoms with Gasteiger partial charge < -0.3 is 14.9 Å². The van der Waals surface area contributed by atoms with Gasteiger partial charge in [0.05, 0.1) is 5.69 Å². The summed E-state index contributed by atoms with van der Waals surface area (Å²) in [7, 11) is 0. The molecule has 1 aromatic carbocycles. The van der Waals surface area contributed by atoms with Gasteiger partial charge in [-0.05, 0) is 18.6 Å². The summed E-state index contributed by atoms with van der Waals surface area (Å²) in [5.74, 6) is -0.650. The van der Waals surface area contributed by atoms with Crippen LogP contribution in [0.25, 0.3) is 10.6 Å². The molecule has 2 N–H and O–H groups in total. The van der Waals surface area contributed by atoms with Crippen molar-refractivity contribution in [2.24, 2.45) is 0 Å². The van der Waals surface area contributed by atoms with Crippen molar-refractivity contribution in [2.75, 3.05) is 0 Å². The molecule has 0 saturated heterocycles. The Morgan fingerprint density at radius 2 is 2.11 bits per heavy atom. The van der Waals surface area contributed by atoms with Crippen LogP contribution in [0.1, 0.15) is 57.6 Å². The molecule has 0 aliphatic heterocycles. The lowest BCUT2D eigenvalue weighted by molar-refractivity contribution is 0.0691. The number of benzene rings is 1. The summed E-state index contributed by atoms with van der Waals surface area (Å²) >= 11 is 1.27. The molecule has 0 spiro atoms. The van der Waals surface area contributed by atoms with Gasteiger partial charge in [0.15, 0.2) is 11.5 Å². The average molecular weight is 385 g/mol. The molecule has 8 heteroatoms. The van der Waals surface area contributed by atoms with E-state index in [0.29, 0.717) is 28.6 Å². The van der Waals surface area contributed by atoms with Gasteiger partial charge in [0.25, 0.3) is 5.91 Å². The van der Waals surface area contributed by atoms with Crippen LogP contribution in [0.2, 0.25) is 0 Å². The topological polar surface area (TPSA) is 105 Å². The summed E-state index contributed by atoms with van der Waals surface area (Å²) in [5, 5.41) is 17.9. The third-order valence-corrected chi connectivity index (χ3v) is 4.88. The van der Waals surface area contributed by atoms with E-state index in [4.69, 9.17) is 9.63 Å². The van der Waals surface area contributed by atoms with E-state index in [2.05, 4.69) is 15.5 Å². The summed E-state index contributed by atoms with van der Waals surface area (Å²) in [6.07, 6.45) is 0. The molecule has 0 radical (unpaired) electrons. The molecule has 0 aliphatic carbocycles. The van der Waals surface area contributed by atoms with Gasteiger partial charge in [0.1, 0.15) is 10.6 Å². The Bertz CT molecular complexity index is 991. The summed E-state index contributed by atoms with van der Waals surface area (Å²) in [5.41, 5.74) is 2.76. The summed E-state index contributed by atoms with van der Waals surface area (Å²) in [6, 6.07) is 7.48. The van der Waals surface area contributed by atoms with Gasteiger partial charge in [-0.25, -0.2) is 9.78 Å². The second-order valence-electron chi connectivity index (χ2n) is 6.39. The molecule has 0 saturated carbocycles. The number of amides is 1. The Morgan fingerprint density at radius 3 is 2.78 bits per heavy atom. The highest BCUT2D eigenvalue weighted by Crippen LogP contribution is 2.25. The number of thiazole rings is 1. The molecule has 3 rings (SSSR count). The van der Waals surface area contributed by atoms with Gasteiger partial charge in [0.2, 0.25) is 0 Å². The highest BCUT2D eigenvalue weighted by atomic mass is 32.1. The highest BCUT2D eigenvalue weighted by Gasteiger charge is 2.22. The van der Waals surface area contributed by atoms with Gasteiger partial charge in [-0.1, -0.05) is 37.2 Å². The van der Waals surface area contributed by atoms with Crippen LogP contribution >= 0.6 is 11.3 Å². The maximum absolute atomic E-state index is 12.6. The first-order valence-electron chi connectivity index (χ1n) is 8.39. The number of carbonyl (C=O) groups excluding carboxylic acids is 1. The molecule has 2 aromatic heterocycles. The van der Waals surface area contributed by atoms with E-state index in [0.717, 1.165) is 11.1 Å². The first-order chi connectivity index (χ1) is 12.9. The molecule has 2 heterocycles. The van der Waals surface area contributed by atoms with Crippen molar-refractivity contribution in [1.82, 2.24) is 15.5 Å². The van der Waals surface area contributed by atoms with Gasteiger partial charge in [-0.3, -0.25) is 4.79 Å². The van der Waals surface area contributed by atoms with Crippen molar-refractivity contribution < 1.29 is 19.2 Å². The van der Waals surface area contributed by atoms with Crippen molar-refractivity contribution in [3.8, 4) is 10.6 Å². The summed E-state index contributed by atoms with van der Waals surface area (Å²) in [6.45, 7) is 5.96. The highest BCUT2D eigenvalue weighted by molar-refractivity contribution is 7.13. The molecule has 1 amide bonds. The van der Waals surface area contributed by atoms with Gasteiger partial charge in [0, 0.05) is 23.4 Å². The van der Waals surface area contributed by atoms with Crippen LogP contribution in [0.15, 0.2) is 34.2 Å². The van der Waals surface area contributed by atoms with Gasteiger partial charge >= 0.3 is 5.97 Å². The summed E-state index contributed by atoms with van der Waals surface area (Å²) < 4.78 is 5.26. The number of aromatic carboxylic acids is 1. The number of aromatic nitrogens is 2. The van der Waals surface area contributed by atoms with E-state index >= 15 is 0 Å². The van der Waals surface area contributed by atoms with Crippen molar-refractivity contribution in [3.63, 3.8) is 0 Å². The SMILES string of the molecule is Cc1noc(C(C)C)c1C(=O)NCc1cccc(-c2nc(C(=O)O)cs2)c1. The van der Waals surface area contributed by atoms with Crippen LogP contribution in [0.4, 0.5) is 0 Å². The summed E-state index contributed by atoms with van der Waals surface area (Å²) in [4.78, 5) is 27.7. The monoisotopic (exact) mass is 385 g/mol. The fourth-order valence-electron chi connectivity index (χ4n) is 2.65. The van der Waals surface area contributed by atoms with Crippen LogP contribution in [-0.4, -0.2) is 27.1 Å². The minimum Gasteiger partial charge on any atom is -0.476 e. The minimum absolute atomic E-state index is 0.0258. The number of carboxylic acid groups (broad SMARTS) is 1. The second kappa shape index (κ2) is 7.71. The fraction of sp³-hybridized carbons (Fsp3) is 0.263. The maximum atomic E-state index is 12.6. The average Bonchev–Trinajstić information content (AvgIpc) is 3.27. The molecular weight excluding hydrogens is 366 g/mol. The Kier molecular flexibility index (Phi) is 5.36. The number of carbonyl (C=O) groups is 2. The van der Waals surface area contributed by atoms with E-state index in [1.54, 1.807) is 6.92 Å². The lowest BCUT2D eigenvalue weighted by Gasteiger charge is -2.08. The zero-order valence-electron chi connectivity index (χ0n) is 15.1. The van der Waals surface area contributed by atoms with Crippen molar-refractivity contribution in [1.29, 1.82) is 0 Å². The second-order valence-corrected chi connectivity index (χ2v) is 7.25. The number of hydrogen-bond acceptors (Lipinski definition) is 6.